The molecular weight excluding hydrogens is 1780 g/mol. The van der Waals surface area contributed by atoms with E-state index in [0.717, 1.165) is 214 Å². The number of hydrogen-bond acceptors (Lipinski definition) is 12. The molecule has 0 fully saturated rings. The summed E-state index contributed by atoms with van der Waals surface area (Å²) in [7, 11) is 14.3. The quantitative estimate of drug-likeness (QED) is 0.00613. The molecule has 2 radical (unpaired) electrons. The normalized spacial score (nSPS) is 18.9. The maximum absolute atomic E-state index is 11.1. The number of aliphatic carboxylic acids is 2. The van der Waals surface area contributed by atoms with Gasteiger partial charge in [-0.15, -0.1) is 12.1 Å². The molecule has 16 nitrogen and oxygen atoms in total. The number of unbranched alkanes of at least 4 members (excludes halogenated alkanes) is 8. The van der Waals surface area contributed by atoms with Crippen LogP contribution >= 0.6 is 18.8 Å². The van der Waals surface area contributed by atoms with E-state index in [1.54, 1.807) is 26.9 Å². The number of nitrogens with zero attached hydrogens (tertiary/aromatic N) is 1. The SMILES string of the molecule is C=C(C)[C@H]1CCC(C)=C[C@@H]1c1c(O)cc(CCCCC)cc1OC(C)CC(=O)O.C=C(C)[C@H]1CCC(C)=C[C@@H]1c1c(O)cc(CCCCC)cc1OC(C)CC(=O)O.C=C(C)[C@H]1CCC(C)=C[C@@H]1c1c(O)cc(CCCCC)cc1OC(C)N=C=O.C=COc1cc(CCCCC)cc(O)c1[C@H]1C=C(C)CC[C@@H]1C(=C)C.CC(C)[NH-].CC(C)[NH-].[2H]C[B].[Cl][Pt+2][Cl]. The van der Waals surface area contributed by atoms with Crippen LogP contribution in [0.4, 0.5) is 0 Å². The number of hydrogen-bond donors (Lipinski definition) is 6. The van der Waals surface area contributed by atoms with Crippen molar-refractivity contribution in [3.05, 3.63) is 213 Å². The Bertz CT molecular complexity index is 4020. The third-order valence-electron chi connectivity index (χ3n) is 22.2. The second-order valence-corrected chi connectivity index (χ2v) is 38.0. The van der Waals surface area contributed by atoms with Crippen molar-refractivity contribution in [3.8, 4) is 46.0 Å². The van der Waals surface area contributed by atoms with Crippen LogP contribution in [0.3, 0.4) is 0 Å². The van der Waals surface area contributed by atoms with Gasteiger partial charge < -0.3 is 61.1 Å². The third kappa shape index (κ3) is 42.4. The number of rotatable bonds is 37. The van der Waals surface area contributed by atoms with E-state index in [1.165, 1.54) is 41.4 Å². The summed E-state index contributed by atoms with van der Waals surface area (Å²) in [4.78, 5) is 36.6. The molecule has 692 valence electrons. The van der Waals surface area contributed by atoms with Gasteiger partial charge in [0.25, 0.3) is 0 Å². The molecule has 0 aliphatic heterocycles. The van der Waals surface area contributed by atoms with Crippen LogP contribution in [-0.4, -0.2) is 87.0 Å². The molecule has 0 amide bonds. The molecular formula is C104H156BCl2N3O13Pt. The van der Waals surface area contributed by atoms with Crippen LogP contribution in [0.15, 0.2) is 162 Å². The molecule has 4 aromatic carbocycles. The van der Waals surface area contributed by atoms with E-state index in [-0.39, 0.29) is 90.4 Å². The Morgan fingerprint density at radius 3 is 0.927 bits per heavy atom. The summed E-state index contributed by atoms with van der Waals surface area (Å²) in [6.45, 7) is 58.4. The number of nitrogens with one attached hydrogen (secondary N) is 2. The number of halogens is 2. The Labute approximate surface area is 768 Å². The number of phenols is 4. The van der Waals surface area contributed by atoms with Gasteiger partial charge in [-0.3, -0.25) is 9.59 Å². The van der Waals surface area contributed by atoms with Gasteiger partial charge in [-0.1, -0.05) is 215 Å². The first-order valence-corrected chi connectivity index (χ1v) is 50.5. The molecule has 0 bridgehead atoms. The molecule has 20 heteroatoms. The Balaban J connectivity index is 0.000000791. The first-order valence-electron chi connectivity index (χ1n) is 45.6. The van der Waals surface area contributed by atoms with E-state index in [1.807, 2.05) is 90.9 Å². The molecule has 124 heavy (non-hydrogen) atoms. The van der Waals surface area contributed by atoms with Crippen LogP contribution in [-0.2, 0) is 56.5 Å². The van der Waals surface area contributed by atoms with E-state index in [4.69, 9.17) is 60.8 Å². The number of carbonyl (C=O) groups excluding carboxylic acids is 1. The predicted molar refractivity (Wildman–Crippen MR) is 517 cm³/mol. The Morgan fingerprint density at radius 2 is 0.718 bits per heavy atom. The van der Waals surface area contributed by atoms with Crippen LogP contribution in [0, 0.1) is 23.7 Å². The standard InChI is InChI=1S/2C25H36O4.C24H33NO3.C23H32O2.2C3H8N.CH3B.2ClH.Pt/c2*1-6-7-8-9-19-14-22(26)25(23(15-19)29-18(5)13-24(27)28)21-12-17(4)10-11-20(21)16(2)3;1-6-7-8-9-19-13-22(27)24(23(14-19)28-18(5)25-15-26)21-12-17(4)10-11-20(21)16(2)3;1-6-8-9-10-18-14-21(24)23(22(15-18)25-7-2)20-13-17(5)11-12-19(20)16(3)4;2*1-3(2)4;1-2;;;/h2*12,14-15,18,20-21,26H,2,6-11,13H2,1,3-5H3,(H,27,28);12-14,18,20-21,27H,2,6-11H2,1,3-5H3;7,13-15,19-20,24H,2-3,6,8-12H2,1,4-5H3;2*3-4H,1-2H3;1H3;2*1H;/q;;;;2*-1;;;;+4/p-2/t3*18?,20-,21+;19-,20+;;;;;;/m1111....../s1/i;;;;;;1D;;;. The van der Waals surface area contributed by atoms with Crippen LogP contribution < -0.4 is 18.9 Å². The minimum absolute atomic E-state index is 0. The average Bonchev–Trinajstić information content (AvgIpc) is 0.799. The molecule has 4 aliphatic rings. The van der Waals surface area contributed by atoms with E-state index < -0.39 is 46.9 Å². The maximum atomic E-state index is 11.1. The van der Waals surface area contributed by atoms with Crippen molar-refractivity contribution in [1.29, 1.82) is 0 Å². The molecule has 4 aliphatic carbocycles. The van der Waals surface area contributed by atoms with Gasteiger partial charge in [0.15, 0.2) is 6.23 Å². The summed E-state index contributed by atoms with van der Waals surface area (Å²) >= 11 is -0.472. The van der Waals surface area contributed by atoms with E-state index >= 15 is 0 Å². The van der Waals surface area contributed by atoms with E-state index in [2.05, 4.69) is 138 Å². The predicted octanol–water partition coefficient (Wildman–Crippen LogP) is 30.1. The van der Waals surface area contributed by atoms with Gasteiger partial charge >= 0.3 is 47.3 Å². The first-order chi connectivity index (χ1) is 59.1. The van der Waals surface area contributed by atoms with Crippen molar-refractivity contribution in [3.63, 3.8) is 0 Å². The molecule has 0 spiro atoms. The summed E-state index contributed by atoms with van der Waals surface area (Å²) < 4.78 is 29.9. The minimum atomic E-state index is -0.893. The van der Waals surface area contributed by atoms with E-state index in [9.17, 15) is 34.8 Å². The zero-order valence-corrected chi connectivity index (χ0v) is 82.6. The number of benzene rings is 4. The summed E-state index contributed by atoms with van der Waals surface area (Å²) in [6, 6.07) is 15.7. The number of aryl methyl sites for hydroxylation is 4. The van der Waals surface area contributed by atoms with Crippen LogP contribution in [0.25, 0.3) is 11.5 Å². The molecule has 4 aromatic rings. The van der Waals surface area contributed by atoms with Gasteiger partial charge in [-0.2, -0.15) is 4.99 Å². The molecule has 0 saturated carbocycles. The van der Waals surface area contributed by atoms with Gasteiger partial charge in [-0.25, -0.2) is 4.79 Å². The second-order valence-electron chi connectivity index (χ2n) is 34.7. The molecule has 11 atom stereocenters. The van der Waals surface area contributed by atoms with Crippen molar-refractivity contribution < 1.29 is 81.8 Å². The number of aliphatic imine (C=N–C) groups is 1. The fourth-order valence-electron chi connectivity index (χ4n) is 16.3. The second kappa shape index (κ2) is 62.6. The number of aromatic hydroxyl groups is 4. The molecule has 8 N–H and O–H groups in total. The Kier molecular flexibility index (Phi) is 56.9. The molecule has 0 aromatic heterocycles. The van der Waals surface area contributed by atoms with Crippen molar-refractivity contribution in [2.75, 3.05) is 0 Å². The van der Waals surface area contributed by atoms with Gasteiger partial charge in [0.1, 0.15) is 58.2 Å². The van der Waals surface area contributed by atoms with Crippen LogP contribution in [0.1, 0.15) is 342 Å². The molecule has 8 rings (SSSR count). The van der Waals surface area contributed by atoms with E-state index in [0.29, 0.717) is 28.9 Å². The summed E-state index contributed by atoms with van der Waals surface area (Å²) in [5.41, 5.74) is 30.2. The summed E-state index contributed by atoms with van der Waals surface area (Å²) in [5, 5.41) is 62.1. The average molecular weight is 1930 g/mol. The fraction of sp³-hybridized carbons (Fsp3) is 0.567. The molecule has 0 saturated heterocycles. The van der Waals surface area contributed by atoms with Crippen molar-refractivity contribution in [1.82, 2.24) is 0 Å². The number of carbonyl (C=O) groups is 2. The Hall–Kier alpha value is -7.49. The third-order valence-corrected chi connectivity index (χ3v) is 22.2. The van der Waals surface area contributed by atoms with Gasteiger partial charge in [-0.05, 0) is 273 Å². The number of carboxylic acid groups (broad SMARTS) is 2. The van der Waals surface area contributed by atoms with Gasteiger partial charge in [0.2, 0.25) is 6.08 Å². The topological polar surface area (TPSA) is 269 Å². The molecule has 0 heterocycles. The van der Waals surface area contributed by atoms with Gasteiger partial charge in [0.05, 0.1) is 26.9 Å². The van der Waals surface area contributed by atoms with Gasteiger partial charge in [0, 0.05) is 47.3 Å². The number of allylic oxidation sites excluding steroid dienone is 12. The van der Waals surface area contributed by atoms with Crippen molar-refractivity contribution in [2.24, 2.45) is 28.7 Å². The summed E-state index contributed by atoms with van der Waals surface area (Å²) in [5.74, 6) is 2.88. The number of ether oxygens (including phenoxy) is 4. The number of carboxylic acids is 2. The number of isocyanates is 1. The fourth-order valence-corrected chi connectivity index (χ4v) is 16.3. The number of phenolic OH excluding ortho intramolecular Hbond substituents is 4. The van der Waals surface area contributed by atoms with Crippen LogP contribution in [0.5, 0.6) is 46.0 Å². The Morgan fingerprint density at radius 1 is 0.492 bits per heavy atom. The molecule has 3 unspecified atom stereocenters. The van der Waals surface area contributed by atoms with Crippen molar-refractivity contribution in [2.45, 2.75) is 359 Å². The zero-order valence-electron chi connectivity index (χ0n) is 79.8. The first kappa shape index (κ1) is 113. The zero-order chi connectivity index (χ0) is 94.8. The van der Waals surface area contributed by atoms with Crippen molar-refractivity contribution >= 4 is 44.7 Å². The van der Waals surface area contributed by atoms with Crippen LogP contribution in [0.2, 0.25) is 6.80 Å². The monoisotopic (exact) mass is 1930 g/mol. The summed E-state index contributed by atoms with van der Waals surface area (Å²) in [6.07, 6.45) is 35.4.